The molecule has 4 aromatic rings. The lowest BCUT2D eigenvalue weighted by Gasteiger charge is -2.21. The monoisotopic (exact) mass is 464 g/mol. The molecule has 11 heteroatoms. The van der Waals surface area contributed by atoms with Gasteiger partial charge in [-0.3, -0.25) is 10.2 Å². The Morgan fingerprint density at radius 3 is 3.00 bits per heavy atom. The van der Waals surface area contributed by atoms with Crippen LogP contribution in [0, 0.1) is 0 Å². The average Bonchev–Trinajstić information content (AvgIpc) is 3.19. The number of H-pyrrole nitrogens is 1. The number of fused-ring (bicyclic) bond motifs is 2. The fourth-order valence-electron chi connectivity index (χ4n) is 3.58. The zero-order valence-electron chi connectivity index (χ0n) is 17.4. The minimum atomic E-state index is -0.468. The number of allylic oxidation sites excluding steroid dienone is 5. The van der Waals surface area contributed by atoms with E-state index in [9.17, 15) is 9.18 Å². The first kappa shape index (κ1) is 20.8. The smallest absolute Gasteiger partial charge is 0.281 e. The van der Waals surface area contributed by atoms with Crippen LogP contribution in [0.3, 0.4) is 0 Å². The van der Waals surface area contributed by atoms with Gasteiger partial charge in [-0.05, 0) is 37.3 Å². The predicted octanol–water partition coefficient (Wildman–Crippen LogP) is 4.13. The number of benzene rings is 1. The molecule has 3 N–H and O–H groups in total. The topological polar surface area (TPSA) is 113 Å². The average molecular weight is 465 g/mol. The van der Waals surface area contributed by atoms with Gasteiger partial charge in [0, 0.05) is 12.1 Å². The van der Waals surface area contributed by atoms with Crippen LogP contribution >= 0.6 is 11.6 Å². The van der Waals surface area contributed by atoms with Crippen LogP contribution in [0.4, 0.5) is 10.2 Å². The third-order valence-corrected chi connectivity index (χ3v) is 5.47. The molecule has 0 fully saturated rings. The van der Waals surface area contributed by atoms with Crippen molar-refractivity contribution in [1.82, 2.24) is 29.6 Å². The van der Waals surface area contributed by atoms with Crippen molar-refractivity contribution >= 4 is 39.5 Å². The minimum absolute atomic E-state index is 0.284. The van der Waals surface area contributed by atoms with Gasteiger partial charge in [-0.15, -0.1) is 0 Å². The zero-order valence-corrected chi connectivity index (χ0v) is 18.1. The van der Waals surface area contributed by atoms with Crippen molar-refractivity contribution in [3.63, 3.8) is 0 Å². The van der Waals surface area contributed by atoms with Crippen LogP contribution in [0.1, 0.15) is 25.2 Å². The number of halogens is 2. The Morgan fingerprint density at radius 1 is 1.24 bits per heavy atom. The van der Waals surface area contributed by atoms with E-state index in [1.807, 2.05) is 6.92 Å². The first-order chi connectivity index (χ1) is 16.0. The molecule has 0 saturated heterocycles. The van der Waals surface area contributed by atoms with Crippen molar-refractivity contribution in [3.8, 4) is 0 Å². The number of rotatable bonds is 5. The SMILES string of the molecule is CC(Nc1ncnc2nc[nH]c12)c1nc2cccc(Cl)c2c(=O)n1NC1=CC=C(F)C=CC1. The number of hydrogen-bond acceptors (Lipinski definition) is 7. The maximum atomic E-state index is 13.6. The van der Waals surface area contributed by atoms with E-state index in [1.165, 1.54) is 29.5 Å². The van der Waals surface area contributed by atoms with E-state index < -0.39 is 6.04 Å². The van der Waals surface area contributed by atoms with E-state index in [4.69, 9.17) is 16.6 Å². The van der Waals surface area contributed by atoms with Gasteiger partial charge in [-0.25, -0.2) is 29.0 Å². The van der Waals surface area contributed by atoms with Crippen molar-refractivity contribution in [2.24, 2.45) is 0 Å². The van der Waals surface area contributed by atoms with E-state index >= 15 is 0 Å². The number of nitrogens with zero attached hydrogens (tertiary/aromatic N) is 5. The van der Waals surface area contributed by atoms with Crippen molar-refractivity contribution < 1.29 is 4.39 Å². The van der Waals surface area contributed by atoms with Crippen molar-refractivity contribution in [2.45, 2.75) is 19.4 Å². The zero-order chi connectivity index (χ0) is 22.9. The third kappa shape index (κ3) is 3.96. The van der Waals surface area contributed by atoms with E-state index in [-0.39, 0.29) is 16.8 Å². The number of aromatic amines is 1. The van der Waals surface area contributed by atoms with E-state index in [2.05, 4.69) is 30.7 Å². The third-order valence-electron chi connectivity index (χ3n) is 5.15. The summed E-state index contributed by atoms with van der Waals surface area (Å²) < 4.78 is 14.9. The molecule has 166 valence electrons. The van der Waals surface area contributed by atoms with Crippen molar-refractivity contribution in [1.29, 1.82) is 0 Å². The van der Waals surface area contributed by atoms with Crippen LogP contribution in [0.15, 0.2) is 71.5 Å². The molecule has 0 aliphatic heterocycles. The molecule has 5 rings (SSSR count). The highest BCUT2D eigenvalue weighted by atomic mass is 35.5. The van der Waals surface area contributed by atoms with Gasteiger partial charge in [0.25, 0.3) is 5.56 Å². The Kier molecular flexibility index (Phi) is 5.35. The summed E-state index contributed by atoms with van der Waals surface area (Å²) in [4.78, 5) is 33.8. The molecule has 1 unspecified atom stereocenters. The quantitative estimate of drug-likeness (QED) is 0.407. The van der Waals surface area contributed by atoms with Crippen LogP contribution in [0.2, 0.25) is 5.02 Å². The van der Waals surface area contributed by atoms with Crippen LogP contribution < -0.4 is 16.3 Å². The molecule has 1 aromatic carbocycles. The van der Waals surface area contributed by atoms with Crippen molar-refractivity contribution in [2.75, 3.05) is 10.7 Å². The Bertz CT molecular complexity index is 1520. The molecule has 1 aliphatic carbocycles. The summed E-state index contributed by atoms with van der Waals surface area (Å²) >= 11 is 6.33. The highest BCUT2D eigenvalue weighted by molar-refractivity contribution is 6.35. The summed E-state index contributed by atoms with van der Waals surface area (Å²) in [6.07, 6.45) is 9.29. The number of imidazole rings is 1. The molecule has 1 atom stereocenters. The second kappa shape index (κ2) is 8.47. The molecular formula is C22H18ClFN8O. The first-order valence-electron chi connectivity index (χ1n) is 10.1. The van der Waals surface area contributed by atoms with Crippen LogP contribution in [0.5, 0.6) is 0 Å². The van der Waals surface area contributed by atoms with Gasteiger partial charge in [0.15, 0.2) is 17.3 Å². The summed E-state index contributed by atoms with van der Waals surface area (Å²) in [5, 5.41) is 3.85. The Hall–Kier alpha value is -4.05. The molecule has 0 radical (unpaired) electrons. The summed E-state index contributed by atoms with van der Waals surface area (Å²) in [6.45, 7) is 1.85. The van der Waals surface area contributed by atoms with Gasteiger partial charge >= 0.3 is 0 Å². The molecule has 0 saturated carbocycles. The number of aromatic nitrogens is 6. The van der Waals surface area contributed by atoms with Gasteiger partial charge in [-0.2, -0.15) is 0 Å². The Labute approximate surface area is 191 Å². The van der Waals surface area contributed by atoms with Crippen LogP contribution in [-0.4, -0.2) is 29.6 Å². The lowest BCUT2D eigenvalue weighted by molar-refractivity contribution is 0.667. The molecule has 1 aliphatic rings. The van der Waals surface area contributed by atoms with Gasteiger partial charge in [0.05, 0.1) is 28.3 Å². The lowest BCUT2D eigenvalue weighted by Crippen LogP contribution is -2.35. The Balaban J connectivity index is 1.62. The normalized spacial score (nSPS) is 14.6. The standard InChI is InChI=1S/C22H18ClFN8O/c1-12(29-20-18-19(26-10-25-18)27-11-28-20)21-30-16-7-3-6-15(23)17(16)22(33)32(21)31-14-5-2-4-13(24)8-9-14/h2-4,6-12,31H,5H2,1H3,(H2,25,26,27,28,29). The molecule has 33 heavy (non-hydrogen) atoms. The molecule has 9 nitrogen and oxygen atoms in total. The van der Waals surface area contributed by atoms with Gasteiger partial charge in [0.2, 0.25) is 0 Å². The fourth-order valence-corrected chi connectivity index (χ4v) is 3.83. The predicted molar refractivity (Wildman–Crippen MR) is 125 cm³/mol. The van der Waals surface area contributed by atoms with Crippen LogP contribution in [-0.2, 0) is 0 Å². The van der Waals surface area contributed by atoms with Gasteiger partial charge in [0.1, 0.15) is 17.7 Å². The highest BCUT2D eigenvalue weighted by Crippen LogP contribution is 2.24. The maximum absolute atomic E-state index is 13.6. The molecule has 0 spiro atoms. The summed E-state index contributed by atoms with van der Waals surface area (Å²) in [6, 6.07) is 4.64. The highest BCUT2D eigenvalue weighted by Gasteiger charge is 2.20. The lowest BCUT2D eigenvalue weighted by atomic mass is 10.2. The number of nitrogens with one attached hydrogen (secondary N) is 3. The second-order valence-corrected chi connectivity index (χ2v) is 7.80. The number of anilines is 1. The summed E-state index contributed by atoms with van der Waals surface area (Å²) in [7, 11) is 0. The molecule has 3 heterocycles. The van der Waals surface area contributed by atoms with Gasteiger partial charge < -0.3 is 10.3 Å². The molecule has 0 bridgehead atoms. The van der Waals surface area contributed by atoms with E-state index in [1.54, 1.807) is 30.4 Å². The van der Waals surface area contributed by atoms with Crippen molar-refractivity contribution in [3.05, 3.63) is 87.9 Å². The van der Waals surface area contributed by atoms with E-state index in [0.717, 1.165) is 0 Å². The summed E-state index contributed by atoms with van der Waals surface area (Å²) in [5.74, 6) is 0.527. The maximum Gasteiger partial charge on any atom is 0.281 e. The summed E-state index contributed by atoms with van der Waals surface area (Å²) in [5.41, 5.74) is 4.93. The molecule has 0 amide bonds. The first-order valence-corrected chi connectivity index (χ1v) is 10.5. The second-order valence-electron chi connectivity index (χ2n) is 7.40. The van der Waals surface area contributed by atoms with Gasteiger partial charge in [-0.1, -0.05) is 23.7 Å². The minimum Gasteiger partial charge on any atom is -0.358 e. The number of hydrogen-bond donors (Lipinski definition) is 3. The Morgan fingerprint density at radius 2 is 2.12 bits per heavy atom. The largest absolute Gasteiger partial charge is 0.358 e. The fraction of sp³-hybridized carbons (Fsp3) is 0.136. The molecule has 3 aromatic heterocycles. The molecular weight excluding hydrogens is 447 g/mol. The van der Waals surface area contributed by atoms with Crippen LogP contribution in [0.25, 0.3) is 22.1 Å². The van der Waals surface area contributed by atoms with E-state index in [0.29, 0.717) is 45.5 Å².